The second-order valence-electron chi connectivity index (χ2n) is 4.37. The summed E-state index contributed by atoms with van der Waals surface area (Å²) >= 11 is 0. The van der Waals surface area contributed by atoms with Gasteiger partial charge in [0.2, 0.25) is 0 Å². The molecule has 0 fully saturated rings. The van der Waals surface area contributed by atoms with Gasteiger partial charge in [0, 0.05) is 5.56 Å². The van der Waals surface area contributed by atoms with Gasteiger partial charge in [0.1, 0.15) is 12.4 Å². The van der Waals surface area contributed by atoms with Crippen molar-refractivity contribution < 1.29 is 10.2 Å². The lowest BCUT2D eigenvalue weighted by Gasteiger charge is -2.05. The Morgan fingerprint density at radius 3 is 2.26 bits per heavy atom. The van der Waals surface area contributed by atoms with Gasteiger partial charge in [-0.25, -0.2) is 0 Å². The highest BCUT2D eigenvalue weighted by Gasteiger charge is 2.01. The van der Waals surface area contributed by atoms with Crippen LogP contribution >= 0.6 is 0 Å². The van der Waals surface area contributed by atoms with Crippen LogP contribution in [0.4, 0.5) is 0 Å². The molecule has 92 valence electrons. The van der Waals surface area contributed by atoms with Crippen molar-refractivity contribution in [3.63, 3.8) is 0 Å². The van der Waals surface area contributed by atoms with Crippen molar-refractivity contribution in [1.29, 1.82) is 0 Å². The van der Waals surface area contributed by atoms with Crippen LogP contribution in [0.2, 0.25) is 0 Å². The molecular weight excluding hydrogens is 236 g/mol. The lowest BCUT2D eigenvalue weighted by molar-refractivity contribution is 0.350. The number of aliphatic hydroxyl groups excluding tert-OH is 1. The summed E-state index contributed by atoms with van der Waals surface area (Å²) in [5.41, 5.74) is 0.889. The van der Waals surface area contributed by atoms with Gasteiger partial charge in [0.15, 0.2) is 0 Å². The molecule has 3 aromatic carbocycles. The SMILES string of the molecule is OCC#Cc1ccc2c(ccc3cc(O)ccc32)c1. The smallest absolute Gasteiger partial charge is 0.116 e. The van der Waals surface area contributed by atoms with E-state index in [1.54, 1.807) is 12.1 Å². The highest BCUT2D eigenvalue weighted by molar-refractivity contribution is 6.08. The molecule has 0 radical (unpaired) electrons. The van der Waals surface area contributed by atoms with Crippen LogP contribution in [-0.4, -0.2) is 16.8 Å². The predicted octanol–water partition coefficient (Wildman–Crippen LogP) is 3.04. The first-order valence-electron chi connectivity index (χ1n) is 6.03. The highest BCUT2D eigenvalue weighted by Crippen LogP contribution is 2.28. The van der Waals surface area contributed by atoms with Gasteiger partial charge in [0.25, 0.3) is 0 Å². The largest absolute Gasteiger partial charge is 0.508 e. The number of aliphatic hydroxyl groups is 1. The van der Waals surface area contributed by atoms with E-state index in [9.17, 15) is 5.11 Å². The van der Waals surface area contributed by atoms with Crippen LogP contribution in [0.15, 0.2) is 48.5 Å². The van der Waals surface area contributed by atoms with Gasteiger partial charge in [-0.2, -0.15) is 0 Å². The molecule has 0 aromatic heterocycles. The minimum atomic E-state index is -0.130. The van der Waals surface area contributed by atoms with Gasteiger partial charge in [-0.3, -0.25) is 0 Å². The number of fused-ring (bicyclic) bond motifs is 3. The van der Waals surface area contributed by atoms with Gasteiger partial charge < -0.3 is 10.2 Å². The van der Waals surface area contributed by atoms with E-state index in [1.165, 1.54) is 0 Å². The molecule has 0 aliphatic rings. The molecule has 2 heteroatoms. The van der Waals surface area contributed by atoms with E-state index in [-0.39, 0.29) is 12.4 Å². The van der Waals surface area contributed by atoms with Crippen LogP contribution in [0, 0.1) is 11.8 Å². The number of phenols is 1. The molecule has 0 heterocycles. The van der Waals surface area contributed by atoms with Crippen molar-refractivity contribution in [3.8, 4) is 17.6 Å². The van der Waals surface area contributed by atoms with Crippen LogP contribution in [-0.2, 0) is 0 Å². The zero-order valence-corrected chi connectivity index (χ0v) is 10.2. The van der Waals surface area contributed by atoms with E-state index in [0.29, 0.717) is 0 Å². The Kier molecular flexibility index (Phi) is 2.83. The van der Waals surface area contributed by atoms with Crippen LogP contribution < -0.4 is 0 Å². The number of rotatable bonds is 0. The Morgan fingerprint density at radius 2 is 1.53 bits per heavy atom. The first-order valence-corrected chi connectivity index (χ1v) is 6.03. The minimum absolute atomic E-state index is 0.130. The van der Waals surface area contributed by atoms with Gasteiger partial charge in [0.05, 0.1) is 0 Å². The molecule has 3 rings (SSSR count). The quantitative estimate of drug-likeness (QED) is 0.474. The molecule has 2 N–H and O–H groups in total. The van der Waals surface area contributed by atoms with E-state index in [1.807, 2.05) is 36.4 Å². The Balaban J connectivity index is 2.26. The Hall–Kier alpha value is -2.50. The topological polar surface area (TPSA) is 40.5 Å². The summed E-state index contributed by atoms with van der Waals surface area (Å²) < 4.78 is 0. The lowest BCUT2D eigenvalue weighted by atomic mass is 10.00. The van der Waals surface area contributed by atoms with Gasteiger partial charge in [-0.05, 0) is 45.8 Å². The maximum atomic E-state index is 9.50. The number of aromatic hydroxyl groups is 1. The van der Waals surface area contributed by atoms with Gasteiger partial charge >= 0.3 is 0 Å². The first-order chi connectivity index (χ1) is 9.28. The third-order valence-electron chi connectivity index (χ3n) is 3.13. The second kappa shape index (κ2) is 4.64. The fourth-order valence-electron chi connectivity index (χ4n) is 2.28. The lowest BCUT2D eigenvalue weighted by Crippen LogP contribution is -1.81. The van der Waals surface area contributed by atoms with Gasteiger partial charge in [-0.15, -0.1) is 0 Å². The summed E-state index contributed by atoms with van der Waals surface area (Å²) in [5.74, 6) is 5.83. The minimum Gasteiger partial charge on any atom is -0.508 e. The third-order valence-corrected chi connectivity index (χ3v) is 3.13. The maximum Gasteiger partial charge on any atom is 0.116 e. The summed E-state index contributed by atoms with van der Waals surface area (Å²) in [6.45, 7) is -0.130. The third kappa shape index (κ3) is 2.12. The molecule has 0 bridgehead atoms. The maximum absolute atomic E-state index is 9.50. The molecule has 0 amide bonds. The molecular formula is C17H12O2. The zero-order valence-electron chi connectivity index (χ0n) is 10.2. The standard InChI is InChI=1S/C17H12O2/c18-9-1-2-12-3-7-16-13(10-12)4-5-14-11-15(19)6-8-17(14)16/h3-8,10-11,18-19H,9H2. The van der Waals surface area contributed by atoms with Crippen molar-refractivity contribution in [2.75, 3.05) is 6.61 Å². The number of phenolic OH excluding ortho intramolecular Hbond substituents is 1. The van der Waals surface area contributed by atoms with Crippen LogP contribution in [0.25, 0.3) is 21.5 Å². The van der Waals surface area contributed by atoms with E-state index in [4.69, 9.17) is 5.11 Å². The second-order valence-corrected chi connectivity index (χ2v) is 4.37. The molecule has 0 saturated heterocycles. The fraction of sp³-hybridized carbons (Fsp3) is 0.0588. The number of hydrogen-bond acceptors (Lipinski definition) is 2. The normalized spacial score (nSPS) is 10.4. The van der Waals surface area contributed by atoms with E-state index >= 15 is 0 Å². The Morgan fingerprint density at radius 1 is 0.842 bits per heavy atom. The molecule has 0 atom stereocenters. The van der Waals surface area contributed by atoms with Crippen molar-refractivity contribution in [3.05, 3.63) is 54.1 Å². The summed E-state index contributed by atoms with van der Waals surface area (Å²) in [4.78, 5) is 0. The number of benzene rings is 3. The van der Waals surface area contributed by atoms with Crippen molar-refractivity contribution >= 4 is 21.5 Å². The highest BCUT2D eigenvalue weighted by atomic mass is 16.3. The van der Waals surface area contributed by atoms with Crippen molar-refractivity contribution in [2.45, 2.75) is 0 Å². The summed E-state index contributed by atoms with van der Waals surface area (Å²) in [5, 5.41) is 22.6. The molecule has 0 unspecified atom stereocenters. The molecule has 0 aliphatic carbocycles. The molecule has 3 aromatic rings. The Labute approximate surface area is 110 Å². The van der Waals surface area contributed by atoms with Crippen LogP contribution in [0.5, 0.6) is 5.75 Å². The monoisotopic (exact) mass is 248 g/mol. The van der Waals surface area contributed by atoms with E-state index < -0.39 is 0 Å². The summed E-state index contributed by atoms with van der Waals surface area (Å²) in [7, 11) is 0. The molecule has 0 spiro atoms. The molecule has 19 heavy (non-hydrogen) atoms. The van der Waals surface area contributed by atoms with Crippen LogP contribution in [0.3, 0.4) is 0 Å². The predicted molar refractivity (Wildman–Crippen MR) is 77.1 cm³/mol. The van der Waals surface area contributed by atoms with Gasteiger partial charge in [-0.1, -0.05) is 36.1 Å². The van der Waals surface area contributed by atoms with Crippen molar-refractivity contribution in [1.82, 2.24) is 0 Å². The van der Waals surface area contributed by atoms with E-state index in [2.05, 4.69) is 11.8 Å². The average molecular weight is 248 g/mol. The van der Waals surface area contributed by atoms with E-state index in [0.717, 1.165) is 27.1 Å². The fourth-order valence-corrected chi connectivity index (χ4v) is 2.28. The Bertz CT molecular complexity index is 823. The molecule has 0 saturated carbocycles. The zero-order chi connectivity index (χ0) is 13.2. The molecule has 0 aliphatic heterocycles. The summed E-state index contributed by atoms with van der Waals surface area (Å²) in [6, 6.07) is 15.3. The first kappa shape index (κ1) is 11.6. The average Bonchev–Trinajstić information content (AvgIpc) is 2.44. The molecule has 2 nitrogen and oxygen atoms in total. The summed E-state index contributed by atoms with van der Waals surface area (Å²) in [6.07, 6.45) is 0. The number of hydrogen-bond donors (Lipinski definition) is 2. The van der Waals surface area contributed by atoms with Crippen LogP contribution in [0.1, 0.15) is 5.56 Å². The van der Waals surface area contributed by atoms with Crippen molar-refractivity contribution in [2.24, 2.45) is 0 Å².